The molecule has 1 unspecified atom stereocenters. The molecule has 2 heterocycles. The van der Waals surface area contributed by atoms with E-state index in [0.717, 1.165) is 6.54 Å². The van der Waals surface area contributed by atoms with Crippen LogP contribution in [-0.4, -0.2) is 4.57 Å². The van der Waals surface area contributed by atoms with Gasteiger partial charge >= 0.3 is 0 Å². The molecule has 0 saturated carbocycles. The molecule has 1 nitrogen and oxygen atoms in total. The first-order valence-electron chi connectivity index (χ1n) is 7.55. The fourth-order valence-electron chi connectivity index (χ4n) is 2.50. The monoisotopic (exact) mass is 289 g/mol. The largest absolute Gasteiger partial charge is 0.354 e. The summed E-state index contributed by atoms with van der Waals surface area (Å²) in [5, 5.41) is 2.19. The van der Waals surface area contributed by atoms with Crippen LogP contribution in [0.2, 0.25) is 0 Å². The van der Waals surface area contributed by atoms with Crippen molar-refractivity contribution in [3.8, 4) is 0 Å². The zero-order chi connectivity index (χ0) is 14.8. The van der Waals surface area contributed by atoms with Gasteiger partial charge in [-0.2, -0.15) is 0 Å². The lowest BCUT2D eigenvalue weighted by molar-refractivity contribution is 0.395. The summed E-state index contributed by atoms with van der Waals surface area (Å²) in [6, 6.07) is 6.71. The lowest BCUT2D eigenvalue weighted by Crippen LogP contribution is -2.21. The number of aryl methyl sites for hydroxylation is 1. The topological polar surface area (TPSA) is 4.93 Å². The van der Waals surface area contributed by atoms with Crippen LogP contribution in [0.1, 0.15) is 57.9 Å². The molecule has 2 aromatic heterocycles. The summed E-state index contributed by atoms with van der Waals surface area (Å²) in [6.45, 7) is 12.6. The average molecular weight is 289 g/mol. The van der Waals surface area contributed by atoms with Crippen LogP contribution in [0.15, 0.2) is 36.0 Å². The van der Waals surface area contributed by atoms with E-state index >= 15 is 0 Å². The highest BCUT2D eigenvalue weighted by Gasteiger charge is 2.25. The lowest BCUT2D eigenvalue weighted by atomic mass is 9.82. The minimum atomic E-state index is 0.243. The van der Waals surface area contributed by atoms with E-state index in [-0.39, 0.29) is 5.41 Å². The Morgan fingerprint density at radius 2 is 1.90 bits per heavy atom. The van der Waals surface area contributed by atoms with Crippen molar-refractivity contribution >= 4 is 11.3 Å². The van der Waals surface area contributed by atoms with Gasteiger partial charge in [0.05, 0.1) is 0 Å². The Hall–Kier alpha value is -1.02. The number of rotatable bonds is 5. The molecule has 0 aliphatic carbocycles. The number of aromatic nitrogens is 1. The van der Waals surface area contributed by atoms with Crippen LogP contribution in [0, 0.1) is 0 Å². The molecular formula is C18H27NS. The molecule has 20 heavy (non-hydrogen) atoms. The first-order valence-corrected chi connectivity index (χ1v) is 8.43. The molecule has 2 rings (SSSR count). The van der Waals surface area contributed by atoms with E-state index in [4.69, 9.17) is 0 Å². The molecule has 0 aliphatic heterocycles. The number of thiophene rings is 1. The van der Waals surface area contributed by atoms with Crippen LogP contribution in [0.5, 0.6) is 0 Å². The zero-order valence-corrected chi connectivity index (χ0v) is 14.3. The third-order valence-corrected chi connectivity index (χ3v) is 5.61. The Balaban J connectivity index is 2.06. The van der Waals surface area contributed by atoms with Crippen LogP contribution < -0.4 is 0 Å². The van der Waals surface area contributed by atoms with Gasteiger partial charge in [-0.25, -0.2) is 0 Å². The Labute approximate surface area is 127 Å². The van der Waals surface area contributed by atoms with Gasteiger partial charge in [0, 0.05) is 29.2 Å². The smallest absolute Gasteiger partial charge is 0.0228 e. The summed E-state index contributed by atoms with van der Waals surface area (Å²) < 4.78 is 2.35. The summed E-state index contributed by atoms with van der Waals surface area (Å²) in [6.07, 6.45) is 6.93. The van der Waals surface area contributed by atoms with E-state index < -0.39 is 0 Å². The van der Waals surface area contributed by atoms with Gasteiger partial charge in [0.25, 0.3) is 0 Å². The van der Waals surface area contributed by atoms with E-state index in [9.17, 15) is 0 Å². The predicted octanol–water partition coefficient (Wildman–Crippen LogP) is 5.61. The van der Waals surface area contributed by atoms with Gasteiger partial charge in [-0.3, -0.25) is 0 Å². The second-order valence-electron chi connectivity index (χ2n) is 7.03. The van der Waals surface area contributed by atoms with Crippen molar-refractivity contribution in [3.63, 3.8) is 0 Å². The molecule has 2 heteroatoms. The van der Waals surface area contributed by atoms with Crippen LogP contribution in [0.4, 0.5) is 0 Å². The molecule has 0 bridgehead atoms. The fourth-order valence-corrected chi connectivity index (χ4v) is 3.49. The fraction of sp³-hybridized carbons (Fsp3) is 0.556. The van der Waals surface area contributed by atoms with E-state index in [0.29, 0.717) is 5.41 Å². The SMILES string of the molecule is CCC(C)(CCn1ccc(C(C)(C)C)c1)c1cccs1. The summed E-state index contributed by atoms with van der Waals surface area (Å²) in [4.78, 5) is 1.52. The molecule has 1 atom stereocenters. The average Bonchev–Trinajstić information content (AvgIpc) is 3.06. The standard InChI is InChI=1S/C18H27NS/c1-6-18(5,16-8-7-13-20-16)10-12-19-11-9-15(14-19)17(2,3)4/h7-9,11,13-14H,6,10,12H2,1-5H3. The molecule has 0 amide bonds. The number of hydrogen-bond donors (Lipinski definition) is 0. The van der Waals surface area contributed by atoms with E-state index in [1.807, 2.05) is 11.3 Å². The number of hydrogen-bond acceptors (Lipinski definition) is 1. The van der Waals surface area contributed by atoms with Gasteiger partial charge in [0.1, 0.15) is 0 Å². The minimum Gasteiger partial charge on any atom is -0.354 e. The van der Waals surface area contributed by atoms with Crippen molar-refractivity contribution in [2.24, 2.45) is 0 Å². The lowest BCUT2D eigenvalue weighted by Gasteiger charge is -2.27. The Morgan fingerprint density at radius 1 is 1.15 bits per heavy atom. The van der Waals surface area contributed by atoms with Crippen LogP contribution in [-0.2, 0) is 17.4 Å². The van der Waals surface area contributed by atoms with Gasteiger partial charge in [0.2, 0.25) is 0 Å². The Kier molecular flexibility index (Phi) is 4.43. The summed E-state index contributed by atoms with van der Waals surface area (Å²) in [5.74, 6) is 0. The van der Waals surface area contributed by atoms with Crippen molar-refractivity contribution in [2.45, 2.75) is 64.8 Å². The van der Waals surface area contributed by atoms with Crippen LogP contribution in [0.3, 0.4) is 0 Å². The normalized spacial score (nSPS) is 15.2. The summed E-state index contributed by atoms with van der Waals surface area (Å²) >= 11 is 1.89. The molecule has 110 valence electrons. The highest BCUT2D eigenvalue weighted by atomic mass is 32.1. The first kappa shape index (κ1) is 15.4. The Bertz CT molecular complexity index is 530. The molecule has 0 aliphatic rings. The van der Waals surface area contributed by atoms with Gasteiger partial charge < -0.3 is 4.57 Å². The Morgan fingerprint density at radius 3 is 2.40 bits per heavy atom. The second kappa shape index (κ2) is 5.77. The third kappa shape index (κ3) is 3.35. The maximum Gasteiger partial charge on any atom is 0.0228 e. The highest BCUT2D eigenvalue weighted by molar-refractivity contribution is 7.10. The van der Waals surface area contributed by atoms with Crippen LogP contribution in [0.25, 0.3) is 0 Å². The van der Waals surface area contributed by atoms with Gasteiger partial charge in [-0.05, 0) is 41.3 Å². The molecule has 0 N–H and O–H groups in total. The van der Waals surface area contributed by atoms with E-state index in [1.54, 1.807) is 0 Å². The van der Waals surface area contributed by atoms with Gasteiger partial charge in [0.15, 0.2) is 0 Å². The quantitative estimate of drug-likeness (QED) is 0.674. The van der Waals surface area contributed by atoms with E-state index in [2.05, 4.69) is 75.2 Å². The predicted molar refractivity (Wildman–Crippen MR) is 89.7 cm³/mol. The number of nitrogens with zero attached hydrogens (tertiary/aromatic N) is 1. The van der Waals surface area contributed by atoms with Crippen molar-refractivity contribution in [3.05, 3.63) is 46.4 Å². The second-order valence-corrected chi connectivity index (χ2v) is 7.98. The molecule has 2 aromatic rings. The zero-order valence-electron chi connectivity index (χ0n) is 13.4. The molecule has 0 saturated heterocycles. The molecule has 0 spiro atoms. The third-order valence-electron chi connectivity index (χ3n) is 4.43. The van der Waals surface area contributed by atoms with Gasteiger partial charge in [-0.15, -0.1) is 11.3 Å². The van der Waals surface area contributed by atoms with Crippen molar-refractivity contribution in [2.75, 3.05) is 0 Å². The van der Waals surface area contributed by atoms with Crippen molar-refractivity contribution in [1.29, 1.82) is 0 Å². The first-order chi connectivity index (χ1) is 9.35. The molecule has 0 radical (unpaired) electrons. The summed E-state index contributed by atoms with van der Waals surface area (Å²) in [5.41, 5.74) is 1.97. The van der Waals surface area contributed by atoms with Crippen molar-refractivity contribution < 1.29 is 0 Å². The van der Waals surface area contributed by atoms with Crippen LogP contribution >= 0.6 is 11.3 Å². The molecule has 0 aromatic carbocycles. The highest BCUT2D eigenvalue weighted by Crippen LogP contribution is 2.35. The maximum absolute atomic E-state index is 2.40. The minimum absolute atomic E-state index is 0.243. The molecule has 0 fully saturated rings. The van der Waals surface area contributed by atoms with E-state index in [1.165, 1.54) is 23.3 Å². The maximum atomic E-state index is 2.40. The summed E-state index contributed by atoms with van der Waals surface area (Å²) in [7, 11) is 0. The van der Waals surface area contributed by atoms with Gasteiger partial charge in [-0.1, -0.05) is 40.7 Å². The van der Waals surface area contributed by atoms with Crippen molar-refractivity contribution in [1.82, 2.24) is 4.57 Å². The molecular weight excluding hydrogens is 262 g/mol.